The molecule has 5 heteroatoms. The average Bonchev–Trinajstić information content (AvgIpc) is 3.91. The minimum atomic E-state index is -0.492. The van der Waals surface area contributed by atoms with Gasteiger partial charge in [-0.2, -0.15) is 0 Å². The third-order valence-corrected chi connectivity index (χ3v) is 12.7. The zero-order valence-electron chi connectivity index (χ0n) is 31.4. The number of fused-ring (bicyclic) bond motifs is 11. The Kier molecular flexibility index (Phi) is 6.78. The van der Waals surface area contributed by atoms with Crippen LogP contribution in [0.1, 0.15) is 49.9 Å². The third kappa shape index (κ3) is 4.39. The second-order valence-electron chi connectivity index (χ2n) is 16.1. The van der Waals surface area contributed by atoms with Crippen LogP contribution in [0.25, 0.3) is 61.5 Å². The molecular weight excluding hydrogens is 671 g/mol. The van der Waals surface area contributed by atoms with Crippen molar-refractivity contribution < 1.29 is 9.31 Å². The summed E-state index contributed by atoms with van der Waals surface area (Å²) in [5.74, 6) is 0.935. The summed E-state index contributed by atoms with van der Waals surface area (Å²) in [6, 6.07) is 59.4. The van der Waals surface area contributed by atoms with E-state index >= 15 is 0 Å². The average molecular weight is 711 g/mol. The van der Waals surface area contributed by atoms with Crippen LogP contribution in [0, 0.1) is 0 Å². The number of nitrogens with zero attached hydrogens (tertiary/aromatic N) is 2. The van der Waals surface area contributed by atoms with E-state index in [0.29, 0.717) is 0 Å². The summed E-state index contributed by atoms with van der Waals surface area (Å²) in [6.45, 7) is 8.51. The first-order valence-electron chi connectivity index (χ1n) is 19.2. The van der Waals surface area contributed by atoms with Gasteiger partial charge < -0.3 is 9.31 Å². The highest BCUT2D eigenvalue weighted by Gasteiger charge is 2.56. The van der Waals surface area contributed by atoms with Gasteiger partial charge in [-0.1, -0.05) is 140 Å². The van der Waals surface area contributed by atoms with Gasteiger partial charge in [0.15, 0.2) is 0 Å². The molecule has 2 heterocycles. The van der Waals surface area contributed by atoms with Gasteiger partial charge in [-0.05, 0) is 113 Å². The number of aromatic nitrogens is 2. The third-order valence-electron chi connectivity index (χ3n) is 12.7. The number of imidazole rings is 1. The second-order valence-corrected chi connectivity index (χ2v) is 16.1. The fourth-order valence-electron chi connectivity index (χ4n) is 9.53. The molecule has 1 fully saturated rings. The number of hydrogen-bond acceptors (Lipinski definition) is 3. The molecule has 1 atom stereocenters. The predicted molar refractivity (Wildman–Crippen MR) is 224 cm³/mol. The molecule has 55 heavy (non-hydrogen) atoms. The molecule has 0 amide bonds. The summed E-state index contributed by atoms with van der Waals surface area (Å²) >= 11 is 0. The first-order valence-corrected chi connectivity index (χ1v) is 19.2. The van der Waals surface area contributed by atoms with E-state index in [1.54, 1.807) is 0 Å². The van der Waals surface area contributed by atoms with Crippen LogP contribution >= 0.6 is 0 Å². The van der Waals surface area contributed by atoms with Crippen molar-refractivity contribution in [3.8, 4) is 50.5 Å². The molecule has 0 bridgehead atoms. The van der Waals surface area contributed by atoms with Crippen LogP contribution in [0.3, 0.4) is 0 Å². The normalized spacial score (nSPS) is 18.4. The maximum atomic E-state index is 6.72. The Bertz CT molecular complexity index is 2820. The Morgan fingerprint density at radius 3 is 1.73 bits per heavy atom. The van der Waals surface area contributed by atoms with Gasteiger partial charge in [0.25, 0.3) is 0 Å². The van der Waals surface area contributed by atoms with E-state index in [0.717, 1.165) is 33.6 Å². The largest absolute Gasteiger partial charge is 0.495 e. The lowest BCUT2D eigenvalue weighted by Gasteiger charge is -2.32. The van der Waals surface area contributed by atoms with Gasteiger partial charge in [-0.25, -0.2) is 4.98 Å². The van der Waals surface area contributed by atoms with E-state index < -0.39 is 23.7 Å². The Labute approximate surface area is 322 Å². The molecule has 7 aromatic carbocycles. The lowest BCUT2D eigenvalue weighted by molar-refractivity contribution is 0.00578. The number of para-hydroxylation sites is 2. The number of hydrogen-bond donors (Lipinski definition) is 0. The molecule has 264 valence electrons. The van der Waals surface area contributed by atoms with E-state index in [-0.39, 0.29) is 0 Å². The molecule has 1 spiro atoms. The van der Waals surface area contributed by atoms with Crippen molar-refractivity contribution in [2.75, 3.05) is 0 Å². The molecule has 0 radical (unpaired) electrons. The molecule has 11 rings (SSSR count). The molecule has 1 aromatic heterocycles. The second kappa shape index (κ2) is 11.5. The van der Waals surface area contributed by atoms with Crippen molar-refractivity contribution in [3.63, 3.8) is 0 Å². The van der Waals surface area contributed by atoms with Crippen LogP contribution in [0.5, 0.6) is 0 Å². The van der Waals surface area contributed by atoms with E-state index in [2.05, 4.69) is 190 Å². The van der Waals surface area contributed by atoms with Gasteiger partial charge >= 0.3 is 7.12 Å². The molecule has 0 N–H and O–H groups in total. The lowest BCUT2D eigenvalue weighted by Crippen LogP contribution is -2.41. The maximum Gasteiger partial charge on any atom is 0.495 e. The highest BCUT2D eigenvalue weighted by atomic mass is 16.7. The van der Waals surface area contributed by atoms with E-state index in [1.807, 2.05) is 6.07 Å². The summed E-state index contributed by atoms with van der Waals surface area (Å²) in [7, 11) is -0.473. The standard InChI is InChI=1S/C50H39BN2O2/c1-48(2)49(3,4)55-51(54-48)42-25-15-24-41-46(42)37-19-9-11-22-39(37)50(41)38-21-10-8-18-36(38)45-35(20-14-23-40(45)50)32-28-30-34(31-29-32)53-44-27-13-12-26-43(44)52-47(53)33-16-6-5-7-17-33/h5-31H,1-4H3. The van der Waals surface area contributed by atoms with Gasteiger partial charge in [0, 0.05) is 11.3 Å². The van der Waals surface area contributed by atoms with Crippen molar-refractivity contribution in [1.82, 2.24) is 9.55 Å². The Morgan fingerprint density at radius 1 is 0.473 bits per heavy atom. The Morgan fingerprint density at radius 2 is 1.02 bits per heavy atom. The monoisotopic (exact) mass is 710 g/mol. The minimum Gasteiger partial charge on any atom is -0.399 e. The Balaban J connectivity index is 1.10. The number of rotatable bonds is 4. The van der Waals surface area contributed by atoms with Crippen molar-refractivity contribution in [1.29, 1.82) is 0 Å². The van der Waals surface area contributed by atoms with Crippen LogP contribution in [-0.4, -0.2) is 27.9 Å². The fraction of sp³-hybridized carbons (Fsp3) is 0.140. The molecule has 1 aliphatic heterocycles. The lowest BCUT2D eigenvalue weighted by atomic mass is 9.68. The highest BCUT2D eigenvalue weighted by Crippen LogP contribution is 2.63. The van der Waals surface area contributed by atoms with Crippen molar-refractivity contribution >= 4 is 23.6 Å². The first kappa shape index (κ1) is 32.4. The molecule has 4 nitrogen and oxygen atoms in total. The first-order chi connectivity index (χ1) is 26.8. The zero-order chi connectivity index (χ0) is 37.1. The highest BCUT2D eigenvalue weighted by molar-refractivity contribution is 6.64. The van der Waals surface area contributed by atoms with Gasteiger partial charge in [-0.15, -0.1) is 0 Å². The van der Waals surface area contributed by atoms with Gasteiger partial charge in [-0.3, -0.25) is 4.57 Å². The topological polar surface area (TPSA) is 36.3 Å². The van der Waals surface area contributed by atoms with E-state index in [4.69, 9.17) is 14.3 Å². The zero-order valence-corrected chi connectivity index (χ0v) is 31.4. The molecule has 2 aliphatic carbocycles. The summed E-state index contributed by atoms with van der Waals surface area (Å²) in [6.07, 6.45) is 0. The van der Waals surface area contributed by atoms with Crippen LogP contribution < -0.4 is 5.46 Å². The molecule has 0 saturated carbocycles. The summed E-state index contributed by atoms with van der Waals surface area (Å²) < 4.78 is 15.7. The van der Waals surface area contributed by atoms with Gasteiger partial charge in [0.2, 0.25) is 0 Å². The quantitative estimate of drug-likeness (QED) is 0.171. The maximum absolute atomic E-state index is 6.72. The van der Waals surface area contributed by atoms with Crippen LogP contribution in [0.4, 0.5) is 0 Å². The molecule has 8 aromatic rings. The van der Waals surface area contributed by atoms with Crippen LogP contribution in [0.2, 0.25) is 0 Å². The van der Waals surface area contributed by atoms with Crippen LogP contribution in [0.15, 0.2) is 164 Å². The number of benzene rings is 7. The summed E-state index contributed by atoms with van der Waals surface area (Å²) in [4.78, 5) is 5.08. The Hall–Kier alpha value is -6.01. The van der Waals surface area contributed by atoms with Crippen molar-refractivity contribution in [2.45, 2.75) is 44.3 Å². The smallest absolute Gasteiger partial charge is 0.399 e. The minimum absolute atomic E-state index is 0.443. The fourth-order valence-corrected chi connectivity index (χ4v) is 9.53. The molecule has 1 unspecified atom stereocenters. The molecular formula is C50H39BN2O2. The SMILES string of the molecule is CC1(C)OB(c2cccc3c2-c2ccccc2C32c3ccccc3-c3c(-c4ccc(-n5c(-c6ccccc6)nc6ccccc65)cc4)cccc32)OC1(C)C. The summed E-state index contributed by atoms with van der Waals surface area (Å²) in [5.41, 5.74) is 16.5. The molecule has 3 aliphatic rings. The summed E-state index contributed by atoms with van der Waals surface area (Å²) in [5, 5.41) is 0. The van der Waals surface area contributed by atoms with E-state index in [9.17, 15) is 0 Å². The predicted octanol–water partition coefficient (Wildman–Crippen LogP) is 11.0. The van der Waals surface area contributed by atoms with Crippen LogP contribution in [-0.2, 0) is 14.7 Å². The van der Waals surface area contributed by atoms with Gasteiger partial charge in [0.1, 0.15) is 5.82 Å². The van der Waals surface area contributed by atoms with E-state index in [1.165, 1.54) is 55.6 Å². The molecule has 1 saturated heterocycles. The van der Waals surface area contributed by atoms with Gasteiger partial charge in [0.05, 0.1) is 27.7 Å². The van der Waals surface area contributed by atoms with Crippen molar-refractivity contribution in [3.05, 3.63) is 186 Å². The van der Waals surface area contributed by atoms with Crippen molar-refractivity contribution in [2.24, 2.45) is 0 Å².